The minimum Gasteiger partial charge on any atom is -0.444 e. The Kier molecular flexibility index (Phi) is 6.60. The van der Waals surface area contributed by atoms with Crippen LogP contribution in [0.25, 0.3) is 11.3 Å². The molecule has 3 unspecified atom stereocenters. The molecule has 3 fully saturated rings. The SMILES string of the molecule is CNC(=O)c1ccc(-c2ccc(N3CCCC(OC(=O)N4C5CCC4CC(O)C5)C3)c(F)c2)nc1. The third-order valence-corrected chi connectivity index (χ3v) is 7.40. The highest BCUT2D eigenvalue weighted by molar-refractivity contribution is 5.93. The summed E-state index contributed by atoms with van der Waals surface area (Å²) in [4.78, 5) is 32.7. The van der Waals surface area contributed by atoms with Crippen LogP contribution < -0.4 is 10.2 Å². The van der Waals surface area contributed by atoms with E-state index in [9.17, 15) is 14.7 Å². The van der Waals surface area contributed by atoms with Crippen molar-refractivity contribution in [1.29, 1.82) is 0 Å². The molecule has 3 saturated heterocycles. The maximum atomic E-state index is 15.1. The first-order chi connectivity index (χ1) is 16.9. The van der Waals surface area contributed by atoms with E-state index in [0.717, 1.165) is 25.7 Å². The molecule has 5 rings (SSSR count). The van der Waals surface area contributed by atoms with E-state index >= 15 is 4.39 Å². The summed E-state index contributed by atoms with van der Waals surface area (Å²) >= 11 is 0. The molecule has 0 spiro atoms. The van der Waals surface area contributed by atoms with Crippen molar-refractivity contribution in [3.8, 4) is 11.3 Å². The number of carbonyl (C=O) groups excluding carboxylic acids is 2. The van der Waals surface area contributed by atoms with Crippen LogP contribution in [0.15, 0.2) is 36.5 Å². The van der Waals surface area contributed by atoms with Crippen LogP contribution in [0.5, 0.6) is 0 Å². The van der Waals surface area contributed by atoms with Gasteiger partial charge in [-0.1, -0.05) is 6.07 Å². The van der Waals surface area contributed by atoms with Gasteiger partial charge in [-0.05, 0) is 62.8 Å². The predicted molar refractivity (Wildman–Crippen MR) is 129 cm³/mol. The van der Waals surface area contributed by atoms with Gasteiger partial charge in [-0.15, -0.1) is 0 Å². The highest BCUT2D eigenvalue weighted by Crippen LogP contribution is 2.37. The number of halogens is 1. The number of aliphatic hydroxyl groups is 1. The van der Waals surface area contributed by atoms with Gasteiger partial charge in [-0.2, -0.15) is 0 Å². The predicted octanol–water partition coefficient (Wildman–Crippen LogP) is 3.34. The van der Waals surface area contributed by atoms with E-state index in [1.54, 1.807) is 25.2 Å². The number of aliphatic hydroxyl groups excluding tert-OH is 1. The largest absolute Gasteiger partial charge is 0.444 e. The molecule has 35 heavy (non-hydrogen) atoms. The lowest BCUT2D eigenvalue weighted by Crippen LogP contribution is -2.50. The molecule has 2 bridgehead atoms. The van der Waals surface area contributed by atoms with Gasteiger partial charge in [0.2, 0.25) is 0 Å². The fraction of sp³-hybridized carbons (Fsp3) is 0.500. The number of benzene rings is 1. The zero-order valence-electron chi connectivity index (χ0n) is 19.8. The molecule has 8 nitrogen and oxygen atoms in total. The zero-order chi connectivity index (χ0) is 24.5. The highest BCUT2D eigenvalue weighted by Gasteiger charge is 2.44. The topological polar surface area (TPSA) is 95.0 Å². The number of pyridine rings is 1. The van der Waals surface area contributed by atoms with Crippen LogP contribution in [0.3, 0.4) is 0 Å². The number of hydrogen-bond acceptors (Lipinski definition) is 6. The van der Waals surface area contributed by atoms with Gasteiger partial charge < -0.3 is 25.0 Å². The molecule has 3 atom stereocenters. The Morgan fingerprint density at radius 2 is 1.91 bits per heavy atom. The van der Waals surface area contributed by atoms with E-state index in [1.165, 1.54) is 12.3 Å². The minimum absolute atomic E-state index is 0.0555. The summed E-state index contributed by atoms with van der Waals surface area (Å²) in [5, 5.41) is 12.5. The number of rotatable bonds is 4. The molecule has 2 amide bonds. The number of nitrogens with one attached hydrogen (secondary N) is 1. The van der Waals surface area contributed by atoms with Gasteiger partial charge in [0.25, 0.3) is 5.91 Å². The Hall–Kier alpha value is -3.20. The molecule has 0 aliphatic carbocycles. The second-order valence-corrected chi connectivity index (χ2v) is 9.69. The van der Waals surface area contributed by atoms with Crippen LogP contribution in [0.1, 0.15) is 48.9 Å². The van der Waals surface area contributed by atoms with Crippen LogP contribution in [0.2, 0.25) is 0 Å². The van der Waals surface area contributed by atoms with E-state index in [4.69, 9.17) is 4.74 Å². The van der Waals surface area contributed by atoms with Crippen molar-refractivity contribution in [2.24, 2.45) is 0 Å². The van der Waals surface area contributed by atoms with Gasteiger partial charge >= 0.3 is 6.09 Å². The molecular formula is C26H31FN4O4. The van der Waals surface area contributed by atoms with E-state index in [0.29, 0.717) is 48.4 Å². The van der Waals surface area contributed by atoms with E-state index in [1.807, 2.05) is 15.9 Å². The summed E-state index contributed by atoms with van der Waals surface area (Å²) in [6.45, 7) is 1.12. The molecule has 2 aromatic rings. The van der Waals surface area contributed by atoms with Crippen molar-refractivity contribution in [3.05, 3.63) is 47.9 Å². The average molecular weight is 483 g/mol. The second kappa shape index (κ2) is 9.81. The Labute approximate surface area is 204 Å². The summed E-state index contributed by atoms with van der Waals surface area (Å²) < 4.78 is 21.0. The van der Waals surface area contributed by atoms with Crippen molar-refractivity contribution in [3.63, 3.8) is 0 Å². The number of carbonyl (C=O) groups is 2. The lowest BCUT2D eigenvalue weighted by Gasteiger charge is -2.39. The molecule has 186 valence electrons. The maximum absolute atomic E-state index is 15.1. The van der Waals surface area contributed by atoms with Gasteiger partial charge in [0.15, 0.2) is 0 Å². The first-order valence-electron chi connectivity index (χ1n) is 12.3. The number of ether oxygens (including phenoxy) is 1. The van der Waals surface area contributed by atoms with Crippen molar-refractivity contribution >= 4 is 17.7 Å². The molecule has 3 aliphatic rings. The molecule has 2 N–H and O–H groups in total. The van der Waals surface area contributed by atoms with Gasteiger partial charge in [0.1, 0.15) is 11.9 Å². The van der Waals surface area contributed by atoms with Crippen LogP contribution in [0.4, 0.5) is 14.9 Å². The summed E-state index contributed by atoms with van der Waals surface area (Å²) in [6, 6.07) is 8.46. The van der Waals surface area contributed by atoms with Crippen LogP contribution in [0, 0.1) is 5.82 Å². The van der Waals surface area contributed by atoms with Gasteiger partial charge in [-0.3, -0.25) is 9.78 Å². The van der Waals surface area contributed by atoms with Gasteiger partial charge in [-0.25, -0.2) is 9.18 Å². The van der Waals surface area contributed by atoms with Crippen molar-refractivity contribution < 1.29 is 23.8 Å². The fourth-order valence-electron chi connectivity index (χ4n) is 5.67. The smallest absolute Gasteiger partial charge is 0.410 e. The number of fused-ring (bicyclic) bond motifs is 2. The number of aromatic nitrogens is 1. The van der Waals surface area contributed by atoms with Crippen molar-refractivity contribution in [1.82, 2.24) is 15.2 Å². The summed E-state index contributed by atoms with van der Waals surface area (Å²) in [5.41, 5.74) is 2.11. The summed E-state index contributed by atoms with van der Waals surface area (Å²) in [6.07, 6.45) is 5.12. The molecule has 0 radical (unpaired) electrons. The molecule has 3 aliphatic heterocycles. The first kappa shape index (κ1) is 23.5. The molecule has 0 saturated carbocycles. The Morgan fingerprint density at radius 1 is 1.14 bits per heavy atom. The number of anilines is 1. The zero-order valence-corrected chi connectivity index (χ0v) is 19.8. The number of nitrogens with zero attached hydrogens (tertiary/aromatic N) is 3. The lowest BCUT2D eigenvalue weighted by atomic mass is 10.0. The molecule has 1 aromatic carbocycles. The van der Waals surface area contributed by atoms with Crippen molar-refractivity contribution in [2.45, 2.75) is 62.8 Å². The van der Waals surface area contributed by atoms with Gasteiger partial charge in [0, 0.05) is 37.4 Å². The molecule has 1 aromatic heterocycles. The quantitative estimate of drug-likeness (QED) is 0.694. The number of hydrogen-bond donors (Lipinski definition) is 2. The number of amides is 2. The molecule has 4 heterocycles. The summed E-state index contributed by atoms with van der Waals surface area (Å²) in [5.74, 6) is -0.592. The Bertz CT molecular complexity index is 1080. The Morgan fingerprint density at radius 3 is 2.57 bits per heavy atom. The fourth-order valence-corrected chi connectivity index (χ4v) is 5.67. The minimum atomic E-state index is -0.366. The third-order valence-electron chi connectivity index (χ3n) is 7.40. The molecule has 9 heteroatoms. The van der Waals surface area contributed by atoms with Crippen LogP contribution in [-0.2, 0) is 4.74 Å². The summed E-state index contributed by atoms with van der Waals surface area (Å²) in [7, 11) is 1.55. The maximum Gasteiger partial charge on any atom is 0.410 e. The van der Waals surface area contributed by atoms with Crippen molar-refractivity contribution in [2.75, 3.05) is 25.0 Å². The lowest BCUT2D eigenvalue weighted by molar-refractivity contribution is 0.00639. The monoisotopic (exact) mass is 482 g/mol. The van der Waals surface area contributed by atoms with E-state index < -0.39 is 0 Å². The Balaban J connectivity index is 1.24. The average Bonchev–Trinajstić information content (AvgIpc) is 3.14. The van der Waals surface area contributed by atoms with Crippen LogP contribution >= 0.6 is 0 Å². The highest BCUT2D eigenvalue weighted by atomic mass is 19.1. The molecular weight excluding hydrogens is 451 g/mol. The standard InChI is InChI=1S/C26H31FN4O4/c1-28-25(33)17-4-8-23(29-14-17)16-5-9-24(22(27)11-16)30-10-2-3-21(15-30)35-26(34)31-18-6-7-19(31)13-20(32)12-18/h4-5,8-9,11,14,18-21,32H,2-3,6-7,10,12-13,15H2,1H3,(H,28,33). The van der Waals surface area contributed by atoms with Crippen LogP contribution in [-0.4, -0.2) is 71.4 Å². The third kappa shape index (κ3) is 4.82. The van der Waals surface area contributed by atoms with E-state index in [2.05, 4.69) is 10.3 Å². The first-order valence-corrected chi connectivity index (χ1v) is 12.3. The number of piperidine rings is 2. The second-order valence-electron chi connectivity index (χ2n) is 9.69. The van der Waals surface area contributed by atoms with Gasteiger partial charge in [0.05, 0.1) is 29.6 Å². The normalized spacial score (nSPS) is 25.9. The van der Waals surface area contributed by atoms with E-state index in [-0.39, 0.29) is 42.1 Å².